The Bertz CT molecular complexity index is 468. The van der Waals surface area contributed by atoms with Crippen molar-refractivity contribution in [3.8, 4) is 0 Å². The number of rotatable bonds is 2. The van der Waals surface area contributed by atoms with Gasteiger partial charge in [-0.25, -0.2) is 4.79 Å². The average Bonchev–Trinajstić information content (AvgIpc) is 3.13. The molecule has 0 unspecified atom stereocenters. The first kappa shape index (κ1) is 11.4. The second-order valence-electron chi connectivity index (χ2n) is 5.24. The van der Waals surface area contributed by atoms with E-state index in [9.17, 15) is 4.79 Å². The maximum Gasteiger partial charge on any atom is 0.319 e. The van der Waals surface area contributed by atoms with Gasteiger partial charge >= 0.3 is 6.03 Å². The van der Waals surface area contributed by atoms with Crippen molar-refractivity contribution in [2.24, 2.45) is 0 Å². The van der Waals surface area contributed by atoms with Gasteiger partial charge in [-0.1, -0.05) is 0 Å². The Balaban J connectivity index is 1.71. The third-order valence-electron chi connectivity index (χ3n) is 3.60. The summed E-state index contributed by atoms with van der Waals surface area (Å²) in [7, 11) is 2.12. The van der Waals surface area contributed by atoms with E-state index < -0.39 is 0 Å². The zero-order chi connectivity index (χ0) is 12.5. The van der Waals surface area contributed by atoms with Crippen LogP contribution >= 0.6 is 0 Å². The van der Waals surface area contributed by atoms with Crippen LogP contribution in [-0.2, 0) is 6.42 Å². The number of carbonyl (C=O) groups is 1. The van der Waals surface area contributed by atoms with Crippen molar-refractivity contribution in [3.63, 3.8) is 0 Å². The van der Waals surface area contributed by atoms with E-state index in [2.05, 4.69) is 34.7 Å². The maximum absolute atomic E-state index is 11.7. The monoisotopic (exact) mass is 245 g/mol. The molecule has 1 aromatic rings. The Morgan fingerprint density at radius 2 is 2.22 bits per heavy atom. The highest BCUT2D eigenvalue weighted by atomic mass is 16.2. The summed E-state index contributed by atoms with van der Waals surface area (Å²) in [5.74, 6) is 0. The molecular formula is C14H19N3O. The lowest BCUT2D eigenvalue weighted by molar-refractivity contribution is 0.251. The van der Waals surface area contributed by atoms with E-state index >= 15 is 0 Å². The van der Waals surface area contributed by atoms with E-state index in [0.717, 1.165) is 31.5 Å². The van der Waals surface area contributed by atoms with Gasteiger partial charge in [0.2, 0.25) is 0 Å². The summed E-state index contributed by atoms with van der Waals surface area (Å²) >= 11 is 0. The summed E-state index contributed by atoms with van der Waals surface area (Å²) in [5, 5.41) is 5.84. The molecule has 2 aliphatic rings. The normalized spacial score (nSPS) is 18.2. The third kappa shape index (κ3) is 2.42. The highest BCUT2D eigenvalue weighted by Gasteiger charge is 2.23. The van der Waals surface area contributed by atoms with Crippen molar-refractivity contribution in [1.82, 2.24) is 5.32 Å². The average molecular weight is 245 g/mol. The molecule has 0 saturated heterocycles. The standard InChI is InChI=1S/C14H19N3O/c1-17-8-2-3-10-9-12(6-7-13(10)17)16-14(18)15-11-4-5-11/h6-7,9,11H,2-5,8H2,1H3,(H2,15,16,18). The molecule has 3 rings (SSSR count). The van der Waals surface area contributed by atoms with Crippen molar-refractivity contribution in [3.05, 3.63) is 23.8 Å². The van der Waals surface area contributed by atoms with Crippen molar-refractivity contribution in [2.75, 3.05) is 23.8 Å². The molecule has 0 aromatic heterocycles. The second-order valence-corrected chi connectivity index (χ2v) is 5.24. The van der Waals surface area contributed by atoms with Crippen LogP contribution in [0.3, 0.4) is 0 Å². The first-order chi connectivity index (χ1) is 8.72. The first-order valence-corrected chi connectivity index (χ1v) is 6.64. The van der Waals surface area contributed by atoms with Crippen LogP contribution in [0.2, 0.25) is 0 Å². The van der Waals surface area contributed by atoms with E-state index in [1.165, 1.54) is 17.7 Å². The predicted molar refractivity (Wildman–Crippen MR) is 73.2 cm³/mol. The number of nitrogens with one attached hydrogen (secondary N) is 2. The first-order valence-electron chi connectivity index (χ1n) is 6.64. The van der Waals surface area contributed by atoms with Gasteiger partial charge < -0.3 is 15.5 Å². The summed E-state index contributed by atoms with van der Waals surface area (Å²) in [4.78, 5) is 13.9. The molecule has 0 spiro atoms. The quantitative estimate of drug-likeness (QED) is 0.840. The molecule has 1 aliphatic carbocycles. The number of aryl methyl sites for hydroxylation is 1. The van der Waals surface area contributed by atoms with E-state index in [-0.39, 0.29) is 6.03 Å². The molecule has 1 aromatic carbocycles. The largest absolute Gasteiger partial charge is 0.374 e. The Morgan fingerprint density at radius 1 is 1.39 bits per heavy atom. The molecule has 1 saturated carbocycles. The van der Waals surface area contributed by atoms with Crippen LogP contribution in [-0.4, -0.2) is 25.7 Å². The maximum atomic E-state index is 11.7. The fraction of sp³-hybridized carbons (Fsp3) is 0.500. The highest BCUT2D eigenvalue weighted by molar-refractivity contribution is 5.90. The zero-order valence-electron chi connectivity index (χ0n) is 10.7. The molecule has 1 heterocycles. The second kappa shape index (κ2) is 4.52. The number of anilines is 2. The van der Waals surface area contributed by atoms with Crippen LogP contribution in [0.25, 0.3) is 0 Å². The van der Waals surface area contributed by atoms with Gasteiger partial charge in [0.05, 0.1) is 0 Å². The number of hydrogen-bond donors (Lipinski definition) is 2. The van der Waals surface area contributed by atoms with Gasteiger partial charge in [-0.05, 0) is 49.4 Å². The van der Waals surface area contributed by atoms with Crippen molar-refractivity contribution in [1.29, 1.82) is 0 Å². The zero-order valence-corrected chi connectivity index (χ0v) is 10.7. The van der Waals surface area contributed by atoms with Gasteiger partial charge in [0.25, 0.3) is 0 Å². The van der Waals surface area contributed by atoms with Crippen LogP contribution in [0.4, 0.5) is 16.2 Å². The van der Waals surface area contributed by atoms with Crippen molar-refractivity contribution >= 4 is 17.4 Å². The smallest absolute Gasteiger partial charge is 0.319 e. The predicted octanol–water partition coefficient (Wildman–Crippen LogP) is 2.35. The molecular weight excluding hydrogens is 226 g/mol. The summed E-state index contributed by atoms with van der Waals surface area (Å²) in [5.41, 5.74) is 3.50. The van der Waals surface area contributed by atoms with Gasteiger partial charge in [-0.3, -0.25) is 0 Å². The Morgan fingerprint density at radius 3 is 3.00 bits per heavy atom. The van der Waals surface area contributed by atoms with Gasteiger partial charge in [0.15, 0.2) is 0 Å². The molecule has 4 nitrogen and oxygen atoms in total. The van der Waals surface area contributed by atoms with E-state index in [1.54, 1.807) is 0 Å². The SMILES string of the molecule is CN1CCCc2cc(NC(=O)NC3CC3)ccc21. The highest BCUT2D eigenvalue weighted by Crippen LogP contribution is 2.28. The minimum Gasteiger partial charge on any atom is -0.374 e. The molecule has 0 radical (unpaired) electrons. The Hall–Kier alpha value is -1.71. The lowest BCUT2D eigenvalue weighted by atomic mass is 10.0. The third-order valence-corrected chi connectivity index (χ3v) is 3.60. The molecule has 2 amide bonds. The van der Waals surface area contributed by atoms with Crippen LogP contribution in [0.5, 0.6) is 0 Å². The molecule has 1 fully saturated rings. The van der Waals surface area contributed by atoms with E-state index in [0.29, 0.717) is 6.04 Å². The number of carbonyl (C=O) groups excluding carboxylic acids is 1. The van der Waals surface area contributed by atoms with E-state index in [1.807, 2.05) is 6.07 Å². The van der Waals surface area contributed by atoms with Crippen molar-refractivity contribution in [2.45, 2.75) is 31.7 Å². The number of fused-ring (bicyclic) bond motifs is 1. The van der Waals surface area contributed by atoms with Gasteiger partial charge in [0.1, 0.15) is 0 Å². The lowest BCUT2D eigenvalue weighted by Gasteiger charge is -2.27. The minimum absolute atomic E-state index is 0.0818. The fourth-order valence-corrected chi connectivity index (χ4v) is 2.44. The molecule has 0 bridgehead atoms. The molecule has 4 heteroatoms. The summed E-state index contributed by atoms with van der Waals surface area (Å²) in [6.07, 6.45) is 4.51. The van der Waals surface area contributed by atoms with Gasteiger partial charge in [-0.2, -0.15) is 0 Å². The molecule has 18 heavy (non-hydrogen) atoms. The summed E-state index contributed by atoms with van der Waals surface area (Å²) in [6.45, 7) is 1.11. The van der Waals surface area contributed by atoms with Crippen LogP contribution in [0.1, 0.15) is 24.8 Å². The lowest BCUT2D eigenvalue weighted by Crippen LogP contribution is -2.30. The van der Waals surface area contributed by atoms with Gasteiger partial charge in [-0.15, -0.1) is 0 Å². The van der Waals surface area contributed by atoms with Crippen molar-refractivity contribution < 1.29 is 4.79 Å². The summed E-state index contributed by atoms with van der Waals surface area (Å²) in [6, 6.07) is 6.49. The number of benzene rings is 1. The summed E-state index contributed by atoms with van der Waals surface area (Å²) < 4.78 is 0. The molecule has 0 atom stereocenters. The number of amides is 2. The fourth-order valence-electron chi connectivity index (χ4n) is 2.44. The Labute approximate surface area is 107 Å². The van der Waals surface area contributed by atoms with Crippen LogP contribution < -0.4 is 15.5 Å². The number of hydrogen-bond acceptors (Lipinski definition) is 2. The Kier molecular flexibility index (Phi) is 2.86. The van der Waals surface area contributed by atoms with Crippen LogP contribution in [0, 0.1) is 0 Å². The minimum atomic E-state index is -0.0818. The number of urea groups is 1. The molecule has 2 N–H and O–H groups in total. The van der Waals surface area contributed by atoms with E-state index in [4.69, 9.17) is 0 Å². The topological polar surface area (TPSA) is 44.4 Å². The van der Waals surface area contributed by atoms with Crippen LogP contribution in [0.15, 0.2) is 18.2 Å². The van der Waals surface area contributed by atoms with Gasteiger partial charge in [0, 0.05) is 31.0 Å². The molecule has 1 aliphatic heterocycles. The molecule has 96 valence electrons. The number of nitrogens with zero attached hydrogens (tertiary/aromatic N) is 1.